The van der Waals surface area contributed by atoms with Gasteiger partial charge in [-0.3, -0.25) is 0 Å². The molecule has 0 spiro atoms. The first kappa shape index (κ1) is 52.1. The van der Waals surface area contributed by atoms with Crippen LogP contribution in [-0.2, 0) is 6.42 Å². The van der Waals surface area contributed by atoms with Crippen molar-refractivity contribution in [3.63, 3.8) is 0 Å². The summed E-state index contributed by atoms with van der Waals surface area (Å²) in [5.74, 6) is 1.98. The molecule has 1 atom stereocenters. The average molecular weight is 1190 g/mol. The fourth-order valence-corrected chi connectivity index (χ4v) is 16.1. The second-order valence-corrected chi connectivity index (χ2v) is 25.5. The first-order chi connectivity index (χ1) is 44.5. The van der Waals surface area contributed by atoms with Crippen LogP contribution in [0.4, 0.5) is 0 Å². The summed E-state index contributed by atoms with van der Waals surface area (Å²) in [6.45, 7) is 2.30. The fraction of sp³-hybridized carbons (Fsp3) is 0.0370. The van der Waals surface area contributed by atoms with Gasteiger partial charge in [0.25, 0.3) is 0 Å². The second-order valence-electron chi connectivity index (χ2n) is 23.3. The summed E-state index contributed by atoms with van der Waals surface area (Å²) in [5.41, 5.74) is 20.3. The van der Waals surface area contributed by atoms with Gasteiger partial charge in [-0.05, 0) is 115 Å². The molecule has 11 aromatic carbocycles. The molecule has 9 heteroatoms. The summed E-state index contributed by atoms with van der Waals surface area (Å²) >= 11 is 3.54. The van der Waals surface area contributed by atoms with E-state index in [1.807, 2.05) is 6.07 Å². The van der Waals surface area contributed by atoms with E-state index in [9.17, 15) is 0 Å². The average Bonchev–Trinajstić information content (AvgIpc) is 1.95. The highest BCUT2D eigenvalue weighted by Gasteiger charge is 2.24. The quantitative estimate of drug-likeness (QED) is 0.159. The molecule has 1 aliphatic carbocycles. The van der Waals surface area contributed by atoms with Gasteiger partial charge < -0.3 is 13.7 Å². The van der Waals surface area contributed by atoms with Crippen LogP contribution in [-0.4, -0.2) is 33.6 Å². The maximum absolute atomic E-state index is 5.39. The van der Waals surface area contributed by atoms with E-state index in [-0.39, 0.29) is 0 Å². The maximum atomic E-state index is 5.39. The van der Waals surface area contributed by atoms with E-state index in [1.54, 1.807) is 22.7 Å². The summed E-state index contributed by atoms with van der Waals surface area (Å²) in [6, 6.07) is 97.0. The lowest BCUT2D eigenvalue weighted by atomic mass is 9.95. The van der Waals surface area contributed by atoms with Crippen LogP contribution >= 0.6 is 22.7 Å². The minimum Gasteiger partial charge on any atom is -0.313 e. The molecule has 90 heavy (non-hydrogen) atoms. The predicted octanol–water partition coefficient (Wildman–Crippen LogP) is 21.7. The lowest BCUT2D eigenvalue weighted by Gasteiger charge is -2.17. The predicted molar refractivity (Wildman–Crippen MR) is 379 cm³/mol. The number of allylic oxidation sites excluding steroid dienone is 1. The third-order valence-corrected chi connectivity index (χ3v) is 20.3. The highest BCUT2D eigenvalue weighted by atomic mass is 32.1. The number of thiophene rings is 2. The van der Waals surface area contributed by atoms with E-state index in [0.29, 0.717) is 5.92 Å². The summed E-state index contributed by atoms with van der Waals surface area (Å²) in [6.07, 6.45) is 5.67. The van der Waals surface area contributed by atoms with Crippen LogP contribution in [0.25, 0.3) is 164 Å². The van der Waals surface area contributed by atoms with Gasteiger partial charge in [-0.25, -0.2) is 19.9 Å². The van der Waals surface area contributed by atoms with Crippen LogP contribution in [0.15, 0.2) is 279 Å². The molecule has 19 rings (SSSR count). The molecule has 1 aliphatic rings. The van der Waals surface area contributed by atoms with Crippen LogP contribution in [0.2, 0.25) is 0 Å². The number of aromatic nitrogens is 7. The van der Waals surface area contributed by atoms with E-state index in [1.165, 1.54) is 91.6 Å². The number of nitrogens with zero attached hydrogens (tertiary/aromatic N) is 7. The van der Waals surface area contributed by atoms with Gasteiger partial charge in [-0.15, -0.1) is 22.7 Å². The Hall–Kier alpha value is -11.1. The zero-order valence-electron chi connectivity index (χ0n) is 48.9. The molecule has 424 valence electrons. The van der Waals surface area contributed by atoms with Crippen LogP contribution in [0, 0.1) is 5.92 Å². The van der Waals surface area contributed by atoms with Crippen molar-refractivity contribution in [3.05, 3.63) is 290 Å². The molecule has 7 heterocycles. The van der Waals surface area contributed by atoms with E-state index in [4.69, 9.17) is 19.9 Å². The molecule has 1 unspecified atom stereocenters. The van der Waals surface area contributed by atoms with Gasteiger partial charge in [-0.1, -0.05) is 189 Å². The highest BCUT2D eigenvalue weighted by Crippen LogP contribution is 2.44. The van der Waals surface area contributed by atoms with E-state index >= 15 is 0 Å². The summed E-state index contributed by atoms with van der Waals surface area (Å²) < 4.78 is 11.8. The minimum atomic E-state index is 0.504. The molecular formula is C81H53N7S2. The molecule has 0 radical (unpaired) electrons. The molecule has 0 fully saturated rings. The van der Waals surface area contributed by atoms with Crippen LogP contribution in [0.1, 0.15) is 18.2 Å². The minimum absolute atomic E-state index is 0.504. The number of rotatable bonds is 7. The van der Waals surface area contributed by atoms with Crippen LogP contribution in [0.3, 0.4) is 0 Å². The Morgan fingerprint density at radius 3 is 1.30 bits per heavy atom. The third-order valence-electron chi connectivity index (χ3n) is 17.9. The van der Waals surface area contributed by atoms with Crippen molar-refractivity contribution in [2.45, 2.75) is 13.3 Å². The molecule has 0 amide bonds. The first-order valence-electron chi connectivity index (χ1n) is 30.6. The number of benzene rings is 11. The number of hydrogen-bond acceptors (Lipinski definition) is 6. The number of para-hydroxylation sites is 5. The van der Waals surface area contributed by atoms with Gasteiger partial charge in [0.1, 0.15) is 0 Å². The Morgan fingerprint density at radius 1 is 0.333 bits per heavy atom. The van der Waals surface area contributed by atoms with E-state index < -0.39 is 0 Å². The normalized spacial score (nSPS) is 13.2. The maximum Gasteiger partial charge on any atom is 0.160 e. The smallest absolute Gasteiger partial charge is 0.160 e. The van der Waals surface area contributed by atoms with Gasteiger partial charge in [-0.2, -0.15) is 0 Å². The summed E-state index contributed by atoms with van der Waals surface area (Å²) in [4.78, 5) is 20.9. The van der Waals surface area contributed by atoms with Gasteiger partial charge >= 0.3 is 0 Å². The summed E-state index contributed by atoms with van der Waals surface area (Å²) in [5, 5.41) is 8.57. The lowest BCUT2D eigenvalue weighted by molar-refractivity contribution is 0.690. The first-order valence-corrected chi connectivity index (χ1v) is 32.2. The fourth-order valence-electron chi connectivity index (χ4n) is 13.8. The van der Waals surface area contributed by atoms with Crippen molar-refractivity contribution in [2.75, 3.05) is 0 Å². The standard InChI is InChI=1S/C47H32N4S.C34H21N3S/c1-29-19-25-36-34-13-5-8-16-39(34)51(42(36)27-29)33-23-20-30(21-24-33)44-46-45(37-15-7-10-18-43(37)52-46)49-47(48-44)31-22-26-41-38(28-31)35-14-6-9-17-40(35)50(41)32-11-3-2-4-12-32;1-2-10-22(11-3-1)31-33-32(27-14-6-9-17-30(27)38-33)36-34(35-31)23-18-20-24(21-19-23)37-28-15-7-4-12-25(28)26-13-5-8-16-29(26)37/h2-26,28-29H,27H2,1H3;1-21H. The molecule has 7 aromatic heterocycles. The second kappa shape index (κ2) is 21.1. The van der Waals surface area contributed by atoms with Gasteiger partial charge in [0.15, 0.2) is 11.6 Å². The number of fused-ring (bicyclic) bond motifs is 15. The molecule has 0 bridgehead atoms. The molecule has 0 aliphatic heterocycles. The molecular weight excluding hydrogens is 1140 g/mol. The Bertz CT molecular complexity index is 5840. The van der Waals surface area contributed by atoms with Crippen LogP contribution in [0.5, 0.6) is 0 Å². The third kappa shape index (κ3) is 8.46. The Kier molecular flexibility index (Phi) is 12.2. The lowest BCUT2D eigenvalue weighted by Crippen LogP contribution is -2.08. The van der Waals surface area contributed by atoms with Crippen molar-refractivity contribution in [1.82, 2.24) is 33.6 Å². The van der Waals surface area contributed by atoms with E-state index in [2.05, 4.69) is 300 Å². The zero-order valence-corrected chi connectivity index (χ0v) is 50.5. The topological polar surface area (TPSA) is 66.3 Å². The molecule has 0 saturated heterocycles. The van der Waals surface area contributed by atoms with Gasteiger partial charge in [0, 0.05) is 97.7 Å². The van der Waals surface area contributed by atoms with Gasteiger partial charge in [0.2, 0.25) is 0 Å². The monoisotopic (exact) mass is 1190 g/mol. The molecule has 18 aromatic rings. The summed E-state index contributed by atoms with van der Waals surface area (Å²) in [7, 11) is 0. The van der Waals surface area contributed by atoms with Crippen molar-refractivity contribution in [2.24, 2.45) is 5.92 Å². The number of hydrogen-bond donors (Lipinski definition) is 0. The Balaban J connectivity index is 0.000000141. The van der Waals surface area contributed by atoms with Gasteiger partial charge in [0.05, 0.1) is 59.4 Å². The van der Waals surface area contributed by atoms with Crippen molar-refractivity contribution >= 4 is 124 Å². The van der Waals surface area contributed by atoms with Crippen molar-refractivity contribution < 1.29 is 0 Å². The van der Waals surface area contributed by atoms with Crippen molar-refractivity contribution in [3.8, 4) is 62.4 Å². The van der Waals surface area contributed by atoms with Crippen molar-refractivity contribution in [1.29, 1.82) is 0 Å². The van der Waals surface area contributed by atoms with E-state index in [0.717, 1.165) is 83.5 Å². The Labute approximate surface area is 526 Å². The Morgan fingerprint density at radius 2 is 0.733 bits per heavy atom. The molecule has 7 nitrogen and oxygen atoms in total. The highest BCUT2D eigenvalue weighted by molar-refractivity contribution is 7.26. The molecule has 0 saturated carbocycles. The zero-order chi connectivity index (χ0) is 59.4. The largest absolute Gasteiger partial charge is 0.313 e. The SMILES string of the molecule is CC1C=Cc2c(n(-c3ccc(-c4nc(-c5ccc6c(c5)c5ccccc5n6-c5ccccc5)nc5c4sc4ccccc45)cc3)c3ccccc23)C1.c1ccc(-c2nc(-c3ccc(-n4c5ccccc5c5ccccc54)cc3)nc3c2sc2ccccc23)cc1. The van der Waals surface area contributed by atoms with Crippen LogP contribution < -0.4 is 0 Å². The molecule has 0 N–H and O–H groups in total.